The zero-order valence-corrected chi connectivity index (χ0v) is 6.68. The molecule has 1 heterocycles. The smallest absolute Gasteiger partial charge is 0.418 e. The van der Waals surface area contributed by atoms with Crippen LogP contribution < -0.4 is 5.46 Å². The van der Waals surface area contributed by atoms with Gasteiger partial charge < -0.3 is 4.65 Å². The SMILES string of the molecule is C1=COB(c2ccccc2)C=C1. The number of allylic oxidation sites excluding steroid dienone is 2. The van der Waals surface area contributed by atoms with E-state index < -0.39 is 0 Å². The lowest BCUT2D eigenvalue weighted by atomic mass is 9.60. The summed E-state index contributed by atoms with van der Waals surface area (Å²) in [6.07, 6.45) is 5.61. The summed E-state index contributed by atoms with van der Waals surface area (Å²) in [4.78, 5) is 0. The average molecular weight is 156 g/mol. The van der Waals surface area contributed by atoms with E-state index in [1.165, 1.54) is 5.46 Å². The third-order valence-corrected chi connectivity index (χ3v) is 1.83. The van der Waals surface area contributed by atoms with E-state index in [0.717, 1.165) is 0 Å². The molecule has 1 aromatic rings. The molecule has 1 aromatic carbocycles. The van der Waals surface area contributed by atoms with E-state index in [4.69, 9.17) is 4.65 Å². The molecule has 12 heavy (non-hydrogen) atoms. The number of hydrogen-bond acceptors (Lipinski definition) is 1. The van der Waals surface area contributed by atoms with Crippen molar-refractivity contribution in [2.45, 2.75) is 0 Å². The molecule has 1 aliphatic rings. The molecule has 0 fully saturated rings. The molecule has 0 N–H and O–H groups in total. The van der Waals surface area contributed by atoms with Gasteiger partial charge in [0, 0.05) is 0 Å². The molecular formula is C10H9BO. The summed E-state index contributed by atoms with van der Waals surface area (Å²) in [5.41, 5.74) is 1.19. The van der Waals surface area contributed by atoms with Gasteiger partial charge in [0.15, 0.2) is 0 Å². The highest BCUT2D eigenvalue weighted by Crippen LogP contribution is 1.98. The molecule has 0 saturated heterocycles. The summed E-state index contributed by atoms with van der Waals surface area (Å²) < 4.78 is 5.40. The second-order valence-electron chi connectivity index (χ2n) is 2.68. The highest BCUT2D eigenvalue weighted by molar-refractivity contribution is 6.72. The van der Waals surface area contributed by atoms with Crippen molar-refractivity contribution in [3.05, 3.63) is 54.7 Å². The molecule has 0 amide bonds. The van der Waals surface area contributed by atoms with Gasteiger partial charge in [0.2, 0.25) is 0 Å². The van der Waals surface area contributed by atoms with Crippen LogP contribution in [0, 0.1) is 0 Å². The third kappa shape index (κ3) is 1.42. The molecule has 1 nitrogen and oxygen atoms in total. The van der Waals surface area contributed by atoms with Crippen molar-refractivity contribution in [1.29, 1.82) is 0 Å². The zero-order chi connectivity index (χ0) is 8.23. The van der Waals surface area contributed by atoms with Crippen LogP contribution in [-0.4, -0.2) is 6.92 Å². The minimum Gasteiger partial charge on any atom is -0.557 e. The fourth-order valence-corrected chi connectivity index (χ4v) is 1.22. The Labute approximate surface area is 72.5 Å². The molecule has 2 heteroatoms. The first-order valence-corrected chi connectivity index (χ1v) is 4.00. The summed E-state index contributed by atoms with van der Waals surface area (Å²) in [5.74, 6) is 2.04. The Morgan fingerprint density at radius 3 is 2.50 bits per heavy atom. The number of benzene rings is 1. The van der Waals surface area contributed by atoms with E-state index in [1.807, 2.05) is 36.3 Å². The molecule has 2 rings (SSSR count). The van der Waals surface area contributed by atoms with Crippen molar-refractivity contribution in [3.8, 4) is 0 Å². The monoisotopic (exact) mass is 156 g/mol. The van der Waals surface area contributed by atoms with Gasteiger partial charge in [-0.05, 0) is 11.5 Å². The maximum atomic E-state index is 5.40. The molecule has 0 unspecified atom stereocenters. The summed E-state index contributed by atoms with van der Waals surface area (Å²) in [7, 11) is 0. The number of hydrogen-bond donors (Lipinski definition) is 0. The lowest BCUT2D eigenvalue weighted by Crippen LogP contribution is -2.30. The second-order valence-corrected chi connectivity index (χ2v) is 2.68. The Morgan fingerprint density at radius 2 is 1.83 bits per heavy atom. The lowest BCUT2D eigenvalue weighted by molar-refractivity contribution is 0.508. The van der Waals surface area contributed by atoms with Gasteiger partial charge in [-0.2, -0.15) is 0 Å². The molecular weight excluding hydrogens is 147 g/mol. The van der Waals surface area contributed by atoms with Crippen molar-refractivity contribution >= 4 is 12.4 Å². The Kier molecular flexibility index (Phi) is 1.99. The van der Waals surface area contributed by atoms with Crippen molar-refractivity contribution in [2.75, 3.05) is 0 Å². The van der Waals surface area contributed by atoms with Gasteiger partial charge in [-0.3, -0.25) is 0 Å². The van der Waals surface area contributed by atoms with Crippen molar-refractivity contribution in [1.82, 2.24) is 0 Å². The first-order valence-electron chi connectivity index (χ1n) is 4.00. The predicted octanol–water partition coefficient (Wildman–Crippen LogP) is 1.52. The van der Waals surface area contributed by atoms with Crippen LogP contribution in [0.25, 0.3) is 0 Å². The topological polar surface area (TPSA) is 9.23 Å². The van der Waals surface area contributed by atoms with E-state index in [1.54, 1.807) is 6.26 Å². The van der Waals surface area contributed by atoms with Gasteiger partial charge in [-0.25, -0.2) is 0 Å². The Morgan fingerprint density at radius 1 is 1.00 bits per heavy atom. The van der Waals surface area contributed by atoms with Crippen LogP contribution >= 0.6 is 0 Å². The van der Waals surface area contributed by atoms with E-state index in [9.17, 15) is 0 Å². The summed E-state index contributed by atoms with van der Waals surface area (Å²) in [6, 6.07) is 10.2. The first-order chi connectivity index (χ1) is 5.97. The van der Waals surface area contributed by atoms with Crippen LogP contribution in [0.2, 0.25) is 0 Å². The van der Waals surface area contributed by atoms with E-state index in [-0.39, 0.29) is 6.92 Å². The first kappa shape index (κ1) is 7.23. The van der Waals surface area contributed by atoms with Crippen LogP contribution in [-0.2, 0) is 4.65 Å². The van der Waals surface area contributed by atoms with Crippen LogP contribution in [0.5, 0.6) is 0 Å². The Balaban J connectivity index is 2.21. The summed E-state index contributed by atoms with van der Waals surface area (Å²) in [6.45, 7) is 0.0937. The maximum absolute atomic E-state index is 5.40. The molecule has 0 atom stereocenters. The second kappa shape index (κ2) is 3.31. The maximum Gasteiger partial charge on any atom is 0.418 e. The van der Waals surface area contributed by atoms with E-state index in [0.29, 0.717) is 0 Å². The molecule has 0 aliphatic carbocycles. The minimum atomic E-state index is 0.0937. The van der Waals surface area contributed by atoms with Gasteiger partial charge in [0.25, 0.3) is 0 Å². The van der Waals surface area contributed by atoms with Crippen molar-refractivity contribution < 1.29 is 4.65 Å². The average Bonchev–Trinajstić information content (AvgIpc) is 2.21. The summed E-state index contributed by atoms with van der Waals surface area (Å²) in [5, 5.41) is 0. The Bertz CT molecular complexity index is 303. The molecule has 58 valence electrons. The van der Waals surface area contributed by atoms with Crippen molar-refractivity contribution in [2.24, 2.45) is 0 Å². The minimum absolute atomic E-state index is 0.0937. The van der Waals surface area contributed by atoms with Crippen LogP contribution in [0.1, 0.15) is 0 Å². The fourth-order valence-electron chi connectivity index (χ4n) is 1.22. The summed E-state index contributed by atoms with van der Waals surface area (Å²) >= 11 is 0. The van der Waals surface area contributed by atoms with Crippen molar-refractivity contribution in [3.63, 3.8) is 0 Å². The normalized spacial score (nSPS) is 14.5. The quantitative estimate of drug-likeness (QED) is 0.560. The van der Waals surface area contributed by atoms with Crippen LogP contribution in [0.4, 0.5) is 0 Å². The zero-order valence-electron chi connectivity index (χ0n) is 6.68. The molecule has 1 aliphatic heterocycles. The highest BCUT2D eigenvalue weighted by atomic mass is 16.4. The molecule has 0 bridgehead atoms. The Hall–Kier alpha value is -1.44. The van der Waals surface area contributed by atoms with Crippen LogP contribution in [0.3, 0.4) is 0 Å². The van der Waals surface area contributed by atoms with Gasteiger partial charge in [-0.1, -0.05) is 42.4 Å². The number of rotatable bonds is 1. The molecule has 0 radical (unpaired) electrons. The van der Waals surface area contributed by atoms with E-state index >= 15 is 0 Å². The third-order valence-electron chi connectivity index (χ3n) is 1.83. The van der Waals surface area contributed by atoms with Gasteiger partial charge >= 0.3 is 6.92 Å². The predicted molar refractivity (Wildman–Crippen MR) is 51.2 cm³/mol. The standard InChI is InChI=1S/C10H9BO/c1-2-6-10(7-3-1)11-8-4-5-9-12-11/h1-9H. The molecule has 0 saturated carbocycles. The van der Waals surface area contributed by atoms with E-state index in [2.05, 4.69) is 12.1 Å². The highest BCUT2D eigenvalue weighted by Gasteiger charge is 2.15. The van der Waals surface area contributed by atoms with Gasteiger partial charge in [0.05, 0.1) is 6.26 Å². The van der Waals surface area contributed by atoms with Crippen LogP contribution in [0.15, 0.2) is 54.7 Å². The molecule has 0 spiro atoms. The fraction of sp³-hybridized carbons (Fsp3) is 0. The largest absolute Gasteiger partial charge is 0.557 e. The van der Waals surface area contributed by atoms with Gasteiger partial charge in [0.1, 0.15) is 0 Å². The molecule has 0 aromatic heterocycles. The lowest BCUT2D eigenvalue weighted by Gasteiger charge is -2.10. The van der Waals surface area contributed by atoms with Gasteiger partial charge in [-0.15, -0.1) is 0 Å².